The zero-order valence-corrected chi connectivity index (χ0v) is 12.1. The van der Waals surface area contributed by atoms with Gasteiger partial charge in [0, 0.05) is 12.6 Å². The van der Waals surface area contributed by atoms with Crippen molar-refractivity contribution in [3.8, 4) is 0 Å². The van der Waals surface area contributed by atoms with Crippen molar-refractivity contribution in [1.82, 2.24) is 10.3 Å². The van der Waals surface area contributed by atoms with E-state index in [0.717, 1.165) is 31.1 Å². The van der Waals surface area contributed by atoms with Gasteiger partial charge in [-0.05, 0) is 49.7 Å². The van der Waals surface area contributed by atoms with Crippen LogP contribution in [0, 0.1) is 11.8 Å². The van der Waals surface area contributed by atoms with Crippen molar-refractivity contribution in [2.24, 2.45) is 11.8 Å². The lowest BCUT2D eigenvalue weighted by atomic mass is 9.95. The van der Waals surface area contributed by atoms with Crippen molar-refractivity contribution in [2.45, 2.75) is 45.1 Å². The monoisotopic (exact) mass is 273 g/mol. The molecule has 4 heteroatoms. The van der Waals surface area contributed by atoms with Gasteiger partial charge in [-0.25, -0.2) is 4.98 Å². The maximum Gasteiger partial charge on any atom is 0.270 e. The number of aromatic nitrogens is 1. The fourth-order valence-electron chi connectivity index (χ4n) is 3.58. The van der Waals surface area contributed by atoms with Gasteiger partial charge in [0.15, 0.2) is 0 Å². The van der Waals surface area contributed by atoms with Crippen molar-refractivity contribution in [1.29, 1.82) is 0 Å². The van der Waals surface area contributed by atoms with Crippen LogP contribution in [-0.2, 0) is 0 Å². The molecule has 0 aliphatic heterocycles. The average molecular weight is 273 g/mol. The molecule has 2 aliphatic rings. The van der Waals surface area contributed by atoms with Gasteiger partial charge in [0.25, 0.3) is 5.91 Å². The lowest BCUT2D eigenvalue weighted by Gasteiger charge is -2.22. The highest BCUT2D eigenvalue weighted by molar-refractivity contribution is 5.92. The lowest BCUT2D eigenvalue weighted by Crippen LogP contribution is -2.38. The largest absolute Gasteiger partial charge is 0.370 e. The number of fused-ring (bicyclic) bond motifs is 2. The number of rotatable bonds is 5. The molecule has 0 spiro atoms. The molecule has 0 radical (unpaired) electrons. The first-order valence-corrected chi connectivity index (χ1v) is 7.78. The Balaban J connectivity index is 1.62. The van der Waals surface area contributed by atoms with Crippen LogP contribution >= 0.6 is 0 Å². The Morgan fingerprint density at radius 3 is 2.95 bits per heavy atom. The number of nitrogens with zero attached hydrogens (tertiary/aromatic N) is 1. The molecule has 1 aromatic rings. The van der Waals surface area contributed by atoms with Gasteiger partial charge in [-0.15, -0.1) is 0 Å². The molecule has 3 rings (SSSR count). The summed E-state index contributed by atoms with van der Waals surface area (Å²) >= 11 is 0. The van der Waals surface area contributed by atoms with Gasteiger partial charge in [-0.2, -0.15) is 0 Å². The van der Waals surface area contributed by atoms with Crippen LogP contribution in [0.15, 0.2) is 18.2 Å². The van der Waals surface area contributed by atoms with Crippen LogP contribution in [0.2, 0.25) is 0 Å². The Kier molecular flexibility index (Phi) is 3.90. The topological polar surface area (TPSA) is 54.0 Å². The highest BCUT2D eigenvalue weighted by Crippen LogP contribution is 2.44. The number of nitrogens with one attached hydrogen (secondary N) is 2. The minimum Gasteiger partial charge on any atom is -0.370 e. The minimum absolute atomic E-state index is 0.0253. The average Bonchev–Trinajstić information content (AvgIpc) is 3.08. The number of hydrogen-bond donors (Lipinski definition) is 2. The molecule has 2 N–H and O–H groups in total. The lowest BCUT2D eigenvalue weighted by molar-refractivity contribution is 0.0918. The van der Waals surface area contributed by atoms with Crippen molar-refractivity contribution in [3.05, 3.63) is 23.9 Å². The second-order valence-electron chi connectivity index (χ2n) is 6.09. The normalized spacial score (nSPS) is 27.6. The Morgan fingerprint density at radius 1 is 1.35 bits per heavy atom. The number of anilines is 1. The molecule has 1 amide bonds. The van der Waals surface area contributed by atoms with Gasteiger partial charge in [0.2, 0.25) is 0 Å². The smallest absolute Gasteiger partial charge is 0.270 e. The predicted molar refractivity (Wildman–Crippen MR) is 79.7 cm³/mol. The third-order valence-corrected chi connectivity index (χ3v) is 4.59. The first kappa shape index (κ1) is 13.4. The zero-order chi connectivity index (χ0) is 13.9. The van der Waals surface area contributed by atoms with Crippen molar-refractivity contribution < 1.29 is 4.79 Å². The molecular weight excluding hydrogens is 250 g/mol. The van der Waals surface area contributed by atoms with E-state index < -0.39 is 0 Å². The van der Waals surface area contributed by atoms with Crippen LogP contribution < -0.4 is 10.6 Å². The van der Waals surface area contributed by atoms with Gasteiger partial charge in [-0.1, -0.05) is 19.4 Å². The van der Waals surface area contributed by atoms with Gasteiger partial charge in [0.1, 0.15) is 11.5 Å². The van der Waals surface area contributed by atoms with Crippen molar-refractivity contribution in [3.63, 3.8) is 0 Å². The van der Waals surface area contributed by atoms with E-state index in [2.05, 4.69) is 22.5 Å². The molecule has 20 heavy (non-hydrogen) atoms. The van der Waals surface area contributed by atoms with Crippen molar-refractivity contribution >= 4 is 11.7 Å². The molecule has 3 unspecified atom stereocenters. The van der Waals surface area contributed by atoms with E-state index >= 15 is 0 Å². The third-order valence-electron chi connectivity index (χ3n) is 4.59. The van der Waals surface area contributed by atoms with E-state index in [1.165, 1.54) is 19.3 Å². The van der Waals surface area contributed by atoms with E-state index in [-0.39, 0.29) is 5.91 Å². The highest BCUT2D eigenvalue weighted by Gasteiger charge is 2.40. The molecule has 2 bridgehead atoms. The summed E-state index contributed by atoms with van der Waals surface area (Å²) in [6.07, 6.45) is 6.14. The summed E-state index contributed by atoms with van der Waals surface area (Å²) in [5.74, 6) is 2.30. The van der Waals surface area contributed by atoms with Crippen LogP contribution in [0.3, 0.4) is 0 Å². The fraction of sp³-hybridized carbons (Fsp3) is 0.625. The summed E-state index contributed by atoms with van der Waals surface area (Å²) in [5, 5.41) is 6.40. The molecule has 2 saturated carbocycles. The Bertz CT molecular complexity index is 488. The number of hydrogen-bond acceptors (Lipinski definition) is 3. The molecule has 2 fully saturated rings. The number of carbonyl (C=O) groups is 1. The van der Waals surface area contributed by atoms with Gasteiger partial charge in [-0.3, -0.25) is 4.79 Å². The number of carbonyl (C=O) groups excluding carboxylic acids is 1. The molecule has 108 valence electrons. The molecule has 2 aliphatic carbocycles. The maximum absolute atomic E-state index is 12.3. The Hall–Kier alpha value is -1.58. The third kappa shape index (κ3) is 2.79. The van der Waals surface area contributed by atoms with Gasteiger partial charge in [0.05, 0.1) is 0 Å². The fourth-order valence-corrected chi connectivity index (χ4v) is 3.58. The molecule has 0 aromatic carbocycles. The van der Waals surface area contributed by atoms with Crippen LogP contribution in [0.25, 0.3) is 0 Å². The van der Waals surface area contributed by atoms with E-state index in [0.29, 0.717) is 17.7 Å². The SMILES string of the molecule is CCCNc1cccc(C(=O)NC2CC3CCC2C3)n1. The van der Waals surface area contributed by atoms with E-state index in [1.807, 2.05) is 12.1 Å². The minimum atomic E-state index is -0.0253. The molecule has 4 nitrogen and oxygen atoms in total. The molecule has 0 saturated heterocycles. The first-order valence-electron chi connectivity index (χ1n) is 7.78. The van der Waals surface area contributed by atoms with Gasteiger partial charge >= 0.3 is 0 Å². The van der Waals surface area contributed by atoms with E-state index in [4.69, 9.17) is 0 Å². The molecule has 1 heterocycles. The molecule has 3 atom stereocenters. The van der Waals surface area contributed by atoms with Crippen LogP contribution in [0.1, 0.15) is 49.5 Å². The Labute approximate surface area is 120 Å². The quantitative estimate of drug-likeness (QED) is 0.867. The second kappa shape index (κ2) is 5.81. The Morgan fingerprint density at radius 2 is 2.25 bits per heavy atom. The highest BCUT2D eigenvalue weighted by atomic mass is 16.1. The number of amides is 1. The molecule has 1 aromatic heterocycles. The molecular formula is C16H23N3O. The maximum atomic E-state index is 12.3. The first-order chi connectivity index (χ1) is 9.76. The summed E-state index contributed by atoms with van der Waals surface area (Å²) in [6, 6.07) is 5.96. The summed E-state index contributed by atoms with van der Waals surface area (Å²) in [5.41, 5.74) is 0.522. The van der Waals surface area contributed by atoms with Gasteiger partial charge < -0.3 is 10.6 Å². The number of pyridine rings is 1. The second-order valence-corrected chi connectivity index (χ2v) is 6.09. The van der Waals surface area contributed by atoms with Crippen LogP contribution in [0.5, 0.6) is 0 Å². The van der Waals surface area contributed by atoms with Crippen LogP contribution in [-0.4, -0.2) is 23.5 Å². The predicted octanol–water partition coefficient (Wildman–Crippen LogP) is 2.82. The summed E-state index contributed by atoms with van der Waals surface area (Å²) in [7, 11) is 0. The van der Waals surface area contributed by atoms with Crippen LogP contribution in [0.4, 0.5) is 5.82 Å². The summed E-state index contributed by atoms with van der Waals surface area (Å²) in [6.45, 7) is 2.99. The van der Waals surface area contributed by atoms with E-state index in [9.17, 15) is 4.79 Å². The zero-order valence-electron chi connectivity index (χ0n) is 12.1. The summed E-state index contributed by atoms with van der Waals surface area (Å²) in [4.78, 5) is 16.7. The van der Waals surface area contributed by atoms with E-state index in [1.54, 1.807) is 6.07 Å². The standard InChI is InChI=1S/C16H23N3O/c1-2-8-17-15-5-3-4-13(18-15)16(20)19-14-10-11-6-7-12(14)9-11/h3-5,11-12,14H,2,6-10H2,1H3,(H,17,18)(H,19,20). The van der Waals surface area contributed by atoms with Crippen molar-refractivity contribution in [2.75, 3.05) is 11.9 Å². The summed E-state index contributed by atoms with van der Waals surface area (Å²) < 4.78 is 0.